The Kier molecular flexibility index (Phi) is 4.99. The molecule has 0 radical (unpaired) electrons. The van der Waals surface area contributed by atoms with Crippen molar-refractivity contribution >= 4 is 27.5 Å². The summed E-state index contributed by atoms with van der Waals surface area (Å²) >= 11 is 3.44. The van der Waals surface area contributed by atoms with Crippen molar-refractivity contribution < 1.29 is 4.79 Å². The molecule has 0 unspecified atom stereocenters. The van der Waals surface area contributed by atoms with Crippen molar-refractivity contribution in [3.63, 3.8) is 0 Å². The topological polar surface area (TPSA) is 29.1 Å². The van der Waals surface area contributed by atoms with Crippen LogP contribution in [0.4, 0.5) is 5.69 Å². The SMILES string of the molecule is CC=CC=CC(=O)Nc1cccc(C)c1Br. The minimum Gasteiger partial charge on any atom is -0.321 e. The van der Waals surface area contributed by atoms with E-state index in [1.807, 2.05) is 44.2 Å². The molecule has 0 saturated heterocycles. The van der Waals surface area contributed by atoms with Crippen molar-refractivity contribution in [3.05, 3.63) is 52.5 Å². The van der Waals surface area contributed by atoms with Crippen molar-refractivity contribution in [2.24, 2.45) is 0 Å². The summed E-state index contributed by atoms with van der Waals surface area (Å²) in [6, 6.07) is 5.75. The molecule has 1 N–H and O–H groups in total. The fourth-order valence-electron chi connectivity index (χ4n) is 1.17. The molecule has 0 aliphatic rings. The van der Waals surface area contributed by atoms with Gasteiger partial charge in [0.2, 0.25) is 5.91 Å². The van der Waals surface area contributed by atoms with Crippen molar-refractivity contribution in [2.45, 2.75) is 13.8 Å². The molecule has 0 saturated carbocycles. The number of halogens is 1. The van der Waals surface area contributed by atoms with Gasteiger partial charge in [0.25, 0.3) is 0 Å². The van der Waals surface area contributed by atoms with Crippen LogP contribution in [0.1, 0.15) is 12.5 Å². The Morgan fingerprint density at radius 1 is 1.38 bits per heavy atom. The van der Waals surface area contributed by atoms with Gasteiger partial charge in [0.05, 0.1) is 5.69 Å². The zero-order valence-electron chi connectivity index (χ0n) is 9.33. The molecule has 0 aliphatic heterocycles. The molecular weight excluding hydrogens is 266 g/mol. The Hall–Kier alpha value is -1.35. The number of hydrogen-bond acceptors (Lipinski definition) is 1. The maximum atomic E-state index is 11.5. The first-order valence-electron chi connectivity index (χ1n) is 5.00. The number of benzene rings is 1. The number of carbonyl (C=O) groups is 1. The Morgan fingerprint density at radius 3 is 2.81 bits per heavy atom. The molecule has 16 heavy (non-hydrogen) atoms. The number of allylic oxidation sites excluding steroid dienone is 3. The zero-order valence-corrected chi connectivity index (χ0v) is 10.9. The minimum absolute atomic E-state index is 0.135. The highest BCUT2D eigenvalue weighted by molar-refractivity contribution is 9.10. The van der Waals surface area contributed by atoms with Crippen LogP contribution in [0.2, 0.25) is 0 Å². The third-order valence-corrected chi connectivity index (χ3v) is 3.05. The molecule has 0 spiro atoms. The summed E-state index contributed by atoms with van der Waals surface area (Å²) in [7, 11) is 0. The highest BCUT2D eigenvalue weighted by Gasteiger charge is 2.03. The Bertz CT molecular complexity index is 436. The van der Waals surface area contributed by atoms with Gasteiger partial charge in [0.1, 0.15) is 0 Å². The number of hydrogen-bond donors (Lipinski definition) is 1. The first-order valence-corrected chi connectivity index (χ1v) is 5.80. The molecule has 1 aromatic rings. The van der Waals surface area contributed by atoms with Crippen molar-refractivity contribution in [1.29, 1.82) is 0 Å². The fraction of sp³-hybridized carbons (Fsp3) is 0.154. The quantitative estimate of drug-likeness (QED) is 0.661. The van der Waals surface area contributed by atoms with Gasteiger partial charge in [0.15, 0.2) is 0 Å². The van der Waals surface area contributed by atoms with Gasteiger partial charge in [-0.25, -0.2) is 0 Å². The number of anilines is 1. The molecule has 0 fully saturated rings. The highest BCUT2D eigenvalue weighted by atomic mass is 79.9. The van der Waals surface area contributed by atoms with E-state index in [4.69, 9.17) is 0 Å². The number of carbonyl (C=O) groups excluding carboxylic acids is 1. The van der Waals surface area contributed by atoms with Crippen LogP contribution in [0.25, 0.3) is 0 Å². The Balaban J connectivity index is 2.74. The maximum absolute atomic E-state index is 11.5. The molecule has 0 bridgehead atoms. The first-order chi connectivity index (χ1) is 7.65. The molecule has 1 rings (SSSR count). The standard InChI is InChI=1S/C13H14BrNO/c1-3-4-5-9-12(16)15-11-8-6-7-10(2)13(11)14/h3-9H,1-2H3,(H,15,16). The largest absolute Gasteiger partial charge is 0.321 e. The van der Waals surface area contributed by atoms with Crippen molar-refractivity contribution in [2.75, 3.05) is 5.32 Å². The lowest BCUT2D eigenvalue weighted by Crippen LogP contribution is -2.08. The first kappa shape index (κ1) is 12.7. The molecule has 1 aromatic carbocycles. The van der Waals surface area contributed by atoms with Crippen LogP contribution in [0.5, 0.6) is 0 Å². The van der Waals surface area contributed by atoms with Gasteiger partial charge in [-0.15, -0.1) is 0 Å². The molecule has 0 heterocycles. The van der Waals surface area contributed by atoms with E-state index in [0.717, 1.165) is 15.7 Å². The maximum Gasteiger partial charge on any atom is 0.248 e. The molecule has 2 nitrogen and oxygen atoms in total. The van der Waals surface area contributed by atoms with Crippen molar-refractivity contribution in [3.8, 4) is 0 Å². The summed E-state index contributed by atoms with van der Waals surface area (Å²) < 4.78 is 0.919. The van der Waals surface area contributed by atoms with Gasteiger partial charge in [-0.3, -0.25) is 4.79 Å². The predicted molar refractivity (Wildman–Crippen MR) is 71.5 cm³/mol. The van der Waals surface area contributed by atoms with Gasteiger partial charge < -0.3 is 5.32 Å². The lowest BCUT2D eigenvalue weighted by Gasteiger charge is -2.06. The highest BCUT2D eigenvalue weighted by Crippen LogP contribution is 2.25. The van der Waals surface area contributed by atoms with E-state index in [-0.39, 0.29) is 5.91 Å². The molecule has 0 aliphatic carbocycles. The van der Waals surface area contributed by atoms with E-state index in [1.54, 1.807) is 6.08 Å². The Labute approximate surface area is 104 Å². The van der Waals surface area contributed by atoms with Crippen LogP contribution in [-0.2, 0) is 4.79 Å². The van der Waals surface area contributed by atoms with E-state index in [1.165, 1.54) is 6.08 Å². The number of amides is 1. The third-order valence-electron chi connectivity index (χ3n) is 2.00. The molecule has 84 valence electrons. The predicted octanol–water partition coefficient (Wildman–Crippen LogP) is 3.83. The number of nitrogens with one attached hydrogen (secondary N) is 1. The van der Waals surface area contributed by atoms with Crippen LogP contribution in [0.3, 0.4) is 0 Å². The van der Waals surface area contributed by atoms with Crippen molar-refractivity contribution in [1.82, 2.24) is 0 Å². The van der Waals surface area contributed by atoms with E-state index in [2.05, 4.69) is 21.2 Å². The minimum atomic E-state index is -0.135. The lowest BCUT2D eigenvalue weighted by molar-refractivity contribution is -0.111. The van der Waals surface area contributed by atoms with Crippen LogP contribution in [-0.4, -0.2) is 5.91 Å². The summed E-state index contributed by atoms with van der Waals surface area (Å²) in [6.07, 6.45) is 6.88. The summed E-state index contributed by atoms with van der Waals surface area (Å²) in [6.45, 7) is 3.88. The van der Waals surface area contributed by atoms with Crippen LogP contribution < -0.4 is 5.32 Å². The number of rotatable bonds is 3. The second-order valence-electron chi connectivity index (χ2n) is 3.31. The Morgan fingerprint density at radius 2 is 2.12 bits per heavy atom. The smallest absolute Gasteiger partial charge is 0.248 e. The summed E-state index contributed by atoms with van der Waals surface area (Å²) in [5.41, 5.74) is 1.88. The van der Waals surface area contributed by atoms with Gasteiger partial charge >= 0.3 is 0 Å². The number of aryl methyl sites for hydroxylation is 1. The molecular formula is C13H14BrNO. The van der Waals surface area contributed by atoms with Gasteiger partial charge in [-0.1, -0.05) is 30.4 Å². The second kappa shape index (κ2) is 6.28. The molecule has 0 atom stereocenters. The van der Waals surface area contributed by atoms with E-state index in [9.17, 15) is 4.79 Å². The van der Waals surface area contributed by atoms with Crippen LogP contribution in [0.15, 0.2) is 47.0 Å². The summed E-state index contributed by atoms with van der Waals surface area (Å²) in [4.78, 5) is 11.5. The van der Waals surface area contributed by atoms with E-state index >= 15 is 0 Å². The van der Waals surface area contributed by atoms with E-state index < -0.39 is 0 Å². The third kappa shape index (κ3) is 3.66. The average Bonchev–Trinajstić information content (AvgIpc) is 2.25. The summed E-state index contributed by atoms with van der Waals surface area (Å²) in [5.74, 6) is -0.135. The van der Waals surface area contributed by atoms with E-state index in [0.29, 0.717) is 0 Å². The zero-order chi connectivity index (χ0) is 12.0. The fourth-order valence-corrected chi connectivity index (χ4v) is 1.54. The second-order valence-corrected chi connectivity index (χ2v) is 4.10. The van der Waals surface area contributed by atoms with Gasteiger partial charge in [-0.2, -0.15) is 0 Å². The molecule has 1 amide bonds. The van der Waals surface area contributed by atoms with Crippen LogP contribution in [0, 0.1) is 6.92 Å². The summed E-state index contributed by atoms with van der Waals surface area (Å²) in [5, 5.41) is 2.80. The monoisotopic (exact) mass is 279 g/mol. The van der Waals surface area contributed by atoms with Gasteiger partial charge in [0, 0.05) is 10.5 Å². The van der Waals surface area contributed by atoms with Crippen LogP contribution >= 0.6 is 15.9 Å². The molecule has 3 heteroatoms. The average molecular weight is 280 g/mol. The molecule has 0 aromatic heterocycles. The normalized spacial score (nSPS) is 11.2. The van der Waals surface area contributed by atoms with Gasteiger partial charge in [-0.05, 0) is 41.4 Å². The lowest BCUT2D eigenvalue weighted by atomic mass is 10.2.